The van der Waals surface area contributed by atoms with Gasteiger partial charge in [-0.2, -0.15) is 16.8 Å². The zero-order valence-corrected chi connectivity index (χ0v) is 14.7. The Labute approximate surface area is 147 Å². The van der Waals surface area contributed by atoms with Crippen molar-refractivity contribution in [3.05, 3.63) is 58.5 Å². The molecule has 1 aliphatic heterocycles. The molecule has 0 atom stereocenters. The van der Waals surface area contributed by atoms with Gasteiger partial charge in [0.15, 0.2) is 0 Å². The number of benzene rings is 2. The summed E-state index contributed by atoms with van der Waals surface area (Å²) in [6.07, 6.45) is 1.25. The molecule has 0 unspecified atom stereocenters. The molecule has 0 amide bonds. The number of fused-ring (bicyclic) bond motifs is 1. The minimum absolute atomic E-state index is 0.0708. The summed E-state index contributed by atoms with van der Waals surface area (Å²) in [4.78, 5) is 11.9. The molecule has 2 aromatic carbocycles. The zero-order chi connectivity index (χ0) is 18.4. The SMILES string of the molecule is O=C1/C(=C\c2ccc(S(=O)(=O)O)cc2S(=O)(=O)O)Sc2ccccc21. The molecule has 0 spiro atoms. The molecule has 0 aromatic heterocycles. The number of ketones is 1. The molecule has 3 rings (SSSR count). The molecule has 0 aliphatic carbocycles. The Balaban J connectivity index is 2.15. The zero-order valence-electron chi connectivity index (χ0n) is 12.3. The maximum atomic E-state index is 12.4. The molecular weight excluding hydrogens is 388 g/mol. The Morgan fingerprint density at radius 3 is 2.20 bits per heavy atom. The molecule has 0 bridgehead atoms. The summed E-state index contributed by atoms with van der Waals surface area (Å²) >= 11 is 1.14. The Bertz CT molecular complexity index is 1130. The average Bonchev–Trinajstić information content (AvgIpc) is 2.82. The minimum Gasteiger partial charge on any atom is -0.288 e. The van der Waals surface area contributed by atoms with E-state index >= 15 is 0 Å². The maximum Gasteiger partial charge on any atom is 0.295 e. The van der Waals surface area contributed by atoms with Gasteiger partial charge in [0.25, 0.3) is 20.2 Å². The van der Waals surface area contributed by atoms with E-state index < -0.39 is 30.0 Å². The summed E-state index contributed by atoms with van der Waals surface area (Å²) in [7, 11) is -9.44. The number of allylic oxidation sites excluding steroid dienone is 1. The fraction of sp³-hybridized carbons (Fsp3) is 0. The van der Waals surface area contributed by atoms with Crippen LogP contribution in [-0.4, -0.2) is 31.7 Å². The number of carbonyl (C=O) groups excluding carboxylic acids is 1. The van der Waals surface area contributed by atoms with Gasteiger partial charge in [0.05, 0.1) is 9.80 Å². The molecule has 130 valence electrons. The number of Topliss-reactive ketones (excluding diaryl/α,β-unsaturated/α-hetero) is 1. The summed E-state index contributed by atoms with van der Waals surface area (Å²) < 4.78 is 63.9. The van der Waals surface area contributed by atoms with Gasteiger partial charge in [0, 0.05) is 10.5 Å². The largest absolute Gasteiger partial charge is 0.295 e. The molecule has 25 heavy (non-hydrogen) atoms. The van der Waals surface area contributed by atoms with Gasteiger partial charge in [-0.3, -0.25) is 13.9 Å². The van der Waals surface area contributed by atoms with Crippen molar-refractivity contribution in [2.45, 2.75) is 14.7 Å². The first-order valence-corrected chi connectivity index (χ1v) is 10.4. The van der Waals surface area contributed by atoms with E-state index in [2.05, 4.69) is 0 Å². The molecule has 2 N–H and O–H groups in total. The fourth-order valence-electron chi connectivity index (χ4n) is 2.29. The van der Waals surface area contributed by atoms with Crippen LogP contribution in [0.5, 0.6) is 0 Å². The maximum absolute atomic E-state index is 12.4. The summed E-state index contributed by atoms with van der Waals surface area (Å²) in [6.45, 7) is 0. The Morgan fingerprint density at radius 2 is 1.60 bits per heavy atom. The molecule has 0 saturated carbocycles. The van der Waals surface area contributed by atoms with Crippen LogP contribution in [0.1, 0.15) is 15.9 Å². The highest BCUT2D eigenvalue weighted by molar-refractivity contribution is 8.04. The number of hydrogen-bond donors (Lipinski definition) is 2. The second-order valence-corrected chi connectivity index (χ2v) is 8.98. The van der Waals surface area contributed by atoms with Crippen molar-refractivity contribution in [2.75, 3.05) is 0 Å². The van der Waals surface area contributed by atoms with Crippen molar-refractivity contribution in [1.29, 1.82) is 0 Å². The third-order valence-corrected chi connectivity index (χ3v) is 6.28. The average molecular weight is 398 g/mol. The summed E-state index contributed by atoms with van der Waals surface area (Å²) in [5.41, 5.74) is 0.403. The van der Waals surface area contributed by atoms with Crippen LogP contribution in [0, 0.1) is 0 Å². The summed E-state index contributed by atoms with van der Waals surface area (Å²) in [5, 5.41) is 0. The first-order chi connectivity index (χ1) is 11.6. The van der Waals surface area contributed by atoms with E-state index in [1.807, 2.05) is 0 Å². The highest BCUT2D eigenvalue weighted by atomic mass is 32.2. The normalized spacial score (nSPS) is 16.2. The van der Waals surface area contributed by atoms with Gasteiger partial charge >= 0.3 is 0 Å². The van der Waals surface area contributed by atoms with Gasteiger partial charge in [-0.15, -0.1) is 0 Å². The van der Waals surface area contributed by atoms with Gasteiger partial charge in [-0.1, -0.05) is 30.0 Å². The van der Waals surface area contributed by atoms with Gasteiger partial charge < -0.3 is 0 Å². The first-order valence-electron chi connectivity index (χ1n) is 6.70. The second-order valence-electron chi connectivity index (χ2n) is 5.09. The Hall–Kier alpha value is -1.98. The topological polar surface area (TPSA) is 126 Å². The number of hydrogen-bond acceptors (Lipinski definition) is 6. The molecule has 10 heteroatoms. The predicted molar refractivity (Wildman–Crippen MR) is 90.7 cm³/mol. The van der Waals surface area contributed by atoms with Crippen molar-refractivity contribution in [1.82, 2.24) is 0 Å². The van der Waals surface area contributed by atoms with E-state index in [-0.39, 0.29) is 16.3 Å². The van der Waals surface area contributed by atoms with E-state index in [0.29, 0.717) is 16.5 Å². The number of thioether (sulfide) groups is 1. The quantitative estimate of drug-likeness (QED) is 0.597. The Kier molecular flexibility index (Phi) is 4.33. The smallest absolute Gasteiger partial charge is 0.288 e. The highest BCUT2D eigenvalue weighted by Crippen LogP contribution is 2.41. The van der Waals surface area contributed by atoms with Gasteiger partial charge in [0.1, 0.15) is 4.90 Å². The molecular formula is C15H10O7S3. The van der Waals surface area contributed by atoms with Gasteiger partial charge in [-0.25, -0.2) is 0 Å². The minimum atomic E-state index is -4.78. The molecule has 7 nitrogen and oxygen atoms in total. The lowest BCUT2D eigenvalue weighted by Crippen LogP contribution is -2.05. The van der Waals surface area contributed by atoms with Crippen LogP contribution in [0.4, 0.5) is 0 Å². The van der Waals surface area contributed by atoms with Crippen LogP contribution >= 0.6 is 11.8 Å². The van der Waals surface area contributed by atoms with Crippen molar-refractivity contribution in [2.24, 2.45) is 0 Å². The van der Waals surface area contributed by atoms with E-state index in [1.54, 1.807) is 24.3 Å². The van der Waals surface area contributed by atoms with Crippen LogP contribution < -0.4 is 0 Å². The number of rotatable bonds is 3. The lowest BCUT2D eigenvalue weighted by Gasteiger charge is -2.06. The lowest BCUT2D eigenvalue weighted by molar-refractivity contribution is 0.104. The van der Waals surface area contributed by atoms with E-state index in [9.17, 15) is 26.2 Å². The Morgan fingerprint density at radius 1 is 0.920 bits per heavy atom. The predicted octanol–water partition coefficient (Wildman–Crippen LogP) is 2.51. The fourth-order valence-corrected chi connectivity index (χ4v) is 4.62. The molecule has 0 fully saturated rings. The van der Waals surface area contributed by atoms with Gasteiger partial charge in [0.2, 0.25) is 5.78 Å². The summed E-state index contributed by atoms with van der Waals surface area (Å²) in [6, 6.07) is 9.54. The second kappa shape index (κ2) is 6.07. The van der Waals surface area contributed by atoms with Gasteiger partial charge in [-0.05, 0) is 35.9 Å². The third kappa shape index (κ3) is 3.53. The van der Waals surface area contributed by atoms with Crippen LogP contribution in [0.15, 0.2) is 62.1 Å². The molecule has 2 aromatic rings. The van der Waals surface area contributed by atoms with Crippen molar-refractivity contribution in [3.63, 3.8) is 0 Å². The van der Waals surface area contributed by atoms with Crippen LogP contribution in [0.2, 0.25) is 0 Å². The monoisotopic (exact) mass is 398 g/mol. The standard InChI is InChI=1S/C15H10O7S3/c16-15-11-3-1-2-4-12(11)23-13(15)7-9-5-6-10(24(17,18)19)8-14(9)25(20,21)22/h1-8H,(H,17,18,19)(H,20,21,22)/b13-7+. The highest BCUT2D eigenvalue weighted by Gasteiger charge is 2.27. The molecule has 1 aliphatic rings. The first kappa shape index (κ1) is 17.8. The van der Waals surface area contributed by atoms with Crippen LogP contribution in [0.25, 0.3) is 6.08 Å². The molecule has 1 heterocycles. The lowest BCUT2D eigenvalue weighted by atomic mass is 10.1. The van der Waals surface area contributed by atoms with Crippen LogP contribution in [0.3, 0.4) is 0 Å². The van der Waals surface area contributed by atoms with E-state index in [0.717, 1.165) is 23.9 Å². The molecule has 0 radical (unpaired) electrons. The van der Waals surface area contributed by atoms with Crippen molar-refractivity contribution < 1.29 is 30.7 Å². The van der Waals surface area contributed by atoms with E-state index in [1.165, 1.54) is 6.08 Å². The van der Waals surface area contributed by atoms with Crippen molar-refractivity contribution in [3.8, 4) is 0 Å². The van der Waals surface area contributed by atoms with Crippen LogP contribution in [-0.2, 0) is 20.2 Å². The van der Waals surface area contributed by atoms with Crippen molar-refractivity contribution >= 4 is 43.9 Å². The summed E-state index contributed by atoms with van der Waals surface area (Å²) in [5.74, 6) is -0.305. The van der Waals surface area contributed by atoms with E-state index in [4.69, 9.17) is 4.55 Å². The third-order valence-electron chi connectivity index (χ3n) is 3.42. The number of carbonyl (C=O) groups is 1. The molecule has 0 saturated heterocycles.